The maximum absolute atomic E-state index is 12.3. The van der Waals surface area contributed by atoms with Gasteiger partial charge in [-0.2, -0.15) is 0 Å². The smallest absolute Gasteiger partial charge is 0.251 e. The van der Waals surface area contributed by atoms with Gasteiger partial charge in [-0.15, -0.1) is 0 Å². The first kappa shape index (κ1) is 14.9. The molecule has 1 heterocycles. The summed E-state index contributed by atoms with van der Waals surface area (Å²) in [5.74, 6) is 0.561. The van der Waals surface area contributed by atoms with Crippen LogP contribution in [0.2, 0.25) is 0 Å². The summed E-state index contributed by atoms with van der Waals surface area (Å²) in [6, 6.07) is 3.76. The molecule has 1 atom stereocenters. The molecule has 1 aliphatic rings. The summed E-state index contributed by atoms with van der Waals surface area (Å²) in [5.41, 5.74) is 9.27. The van der Waals surface area contributed by atoms with Gasteiger partial charge >= 0.3 is 0 Å². The van der Waals surface area contributed by atoms with Crippen molar-refractivity contribution in [3.8, 4) is 0 Å². The second kappa shape index (κ2) is 6.27. The summed E-state index contributed by atoms with van der Waals surface area (Å²) in [4.78, 5) is 14.7. The first-order valence-electron chi connectivity index (χ1n) is 7.38. The van der Waals surface area contributed by atoms with Gasteiger partial charge in [0, 0.05) is 24.3 Å². The van der Waals surface area contributed by atoms with Crippen LogP contribution in [0.3, 0.4) is 0 Å². The number of likely N-dealkylation sites (tertiary alicyclic amines) is 1. The number of hydrogen-bond donors (Lipinski definition) is 2. The predicted molar refractivity (Wildman–Crippen MR) is 82.9 cm³/mol. The van der Waals surface area contributed by atoms with Crippen molar-refractivity contribution in [1.82, 2.24) is 10.2 Å². The van der Waals surface area contributed by atoms with Crippen LogP contribution in [0.15, 0.2) is 12.1 Å². The Hall–Kier alpha value is -1.55. The first-order chi connectivity index (χ1) is 9.51. The highest BCUT2D eigenvalue weighted by Crippen LogP contribution is 2.18. The topological polar surface area (TPSA) is 58.4 Å². The number of nitrogens with zero attached hydrogens (tertiary/aromatic N) is 1. The summed E-state index contributed by atoms with van der Waals surface area (Å²) in [5, 5.41) is 3.05. The van der Waals surface area contributed by atoms with Crippen LogP contribution >= 0.6 is 0 Å². The van der Waals surface area contributed by atoms with E-state index < -0.39 is 0 Å². The third kappa shape index (κ3) is 3.31. The van der Waals surface area contributed by atoms with E-state index in [0.717, 1.165) is 37.3 Å². The molecule has 3 N–H and O–H groups in total. The van der Waals surface area contributed by atoms with Gasteiger partial charge in [0.05, 0.1) is 0 Å². The quantitative estimate of drug-likeness (QED) is 0.826. The number of rotatable bonds is 4. The van der Waals surface area contributed by atoms with E-state index in [-0.39, 0.29) is 5.91 Å². The number of hydrogen-bond acceptors (Lipinski definition) is 3. The third-order valence-electron chi connectivity index (χ3n) is 4.23. The number of anilines is 1. The lowest BCUT2D eigenvalue weighted by Gasteiger charge is -2.15. The maximum atomic E-state index is 12.3. The van der Waals surface area contributed by atoms with Gasteiger partial charge in [0.2, 0.25) is 0 Å². The Morgan fingerprint density at radius 2 is 2.15 bits per heavy atom. The Balaban J connectivity index is 1.94. The van der Waals surface area contributed by atoms with Crippen LogP contribution in [-0.4, -0.2) is 37.0 Å². The minimum absolute atomic E-state index is 0.0100. The van der Waals surface area contributed by atoms with Gasteiger partial charge in [-0.3, -0.25) is 4.79 Å². The minimum Gasteiger partial charge on any atom is -0.398 e. The standard InChI is InChI=1S/C16H25N3O/c1-4-19-6-5-13(10-19)9-18-16(20)14-8-15(17)12(3)7-11(14)2/h7-8,13H,4-6,9-10,17H2,1-3H3,(H,18,20). The number of nitrogens with two attached hydrogens (primary N) is 1. The molecule has 1 aromatic rings. The molecule has 1 unspecified atom stereocenters. The molecule has 0 radical (unpaired) electrons. The van der Waals surface area contributed by atoms with Crippen LogP contribution in [0.5, 0.6) is 0 Å². The number of carbonyl (C=O) groups is 1. The van der Waals surface area contributed by atoms with E-state index in [1.807, 2.05) is 19.9 Å². The Labute approximate surface area is 121 Å². The van der Waals surface area contributed by atoms with E-state index in [9.17, 15) is 4.79 Å². The minimum atomic E-state index is -0.0100. The molecule has 1 amide bonds. The van der Waals surface area contributed by atoms with Crippen LogP contribution in [0.25, 0.3) is 0 Å². The molecule has 2 rings (SSSR count). The summed E-state index contributed by atoms with van der Waals surface area (Å²) >= 11 is 0. The predicted octanol–water partition coefficient (Wildman–Crippen LogP) is 1.96. The highest BCUT2D eigenvalue weighted by Gasteiger charge is 2.22. The number of nitrogen functional groups attached to an aromatic ring is 1. The van der Waals surface area contributed by atoms with Gasteiger partial charge in [-0.05, 0) is 56.5 Å². The molecule has 1 aliphatic heterocycles. The molecule has 1 saturated heterocycles. The number of amides is 1. The average molecular weight is 275 g/mol. The second-order valence-corrected chi connectivity index (χ2v) is 5.78. The van der Waals surface area contributed by atoms with E-state index in [1.165, 1.54) is 6.42 Å². The van der Waals surface area contributed by atoms with Crippen LogP contribution < -0.4 is 11.1 Å². The Kier molecular flexibility index (Phi) is 4.65. The van der Waals surface area contributed by atoms with Gasteiger partial charge in [-0.1, -0.05) is 13.0 Å². The SMILES string of the molecule is CCN1CCC(CNC(=O)c2cc(N)c(C)cc2C)C1. The van der Waals surface area contributed by atoms with Crippen molar-refractivity contribution in [1.29, 1.82) is 0 Å². The van der Waals surface area contributed by atoms with E-state index >= 15 is 0 Å². The molecule has 20 heavy (non-hydrogen) atoms. The molecule has 4 heteroatoms. The molecule has 0 aliphatic carbocycles. The van der Waals surface area contributed by atoms with Crippen molar-refractivity contribution in [2.45, 2.75) is 27.2 Å². The Bertz CT molecular complexity index is 499. The number of aryl methyl sites for hydroxylation is 2. The monoisotopic (exact) mass is 275 g/mol. The van der Waals surface area contributed by atoms with Gasteiger partial charge in [-0.25, -0.2) is 0 Å². The average Bonchev–Trinajstić information content (AvgIpc) is 2.88. The van der Waals surface area contributed by atoms with Crippen LogP contribution in [-0.2, 0) is 0 Å². The molecule has 4 nitrogen and oxygen atoms in total. The summed E-state index contributed by atoms with van der Waals surface area (Å²) in [6.07, 6.45) is 1.17. The zero-order valence-electron chi connectivity index (χ0n) is 12.7. The molecule has 0 saturated carbocycles. The van der Waals surface area contributed by atoms with Crippen molar-refractivity contribution in [3.05, 3.63) is 28.8 Å². The van der Waals surface area contributed by atoms with Gasteiger partial charge < -0.3 is 16.0 Å². The fourth-order valence-corrected chi connectivity index (χ4v) is 2.81. The maximum Gasteiger partial charge on any atom is 0.251 e. The summed E-state index contributed by atoms with van der Waals surface area (Å²) in [7, 11) is 0. The van der Waals surface area contributed by atoms with E-state index in [0.29, 0.717) is 17.2 Å². The summed E-state index contributed by atoms with van der Waals surface area (Å²) < 4.78 is 0. The molecule has 110 valence electrons. The number of benzene rings is 1. The van der Waals surface area contributed by atoms with Crippen LogP contribution in [0, 0.1) is 19.8 Å². The van der Waals surface area contributed by atoms with Crippen molar-refractivity contribution < 1.29 is 4.79 Å². The molecule has 1 fully saturated rings. The lowest BCUT2D eigenvalue weighted by molar-refractivity contribution is 0.0947. The third-order valence-corrected chi connectivity index (χ3v) is 4.23. The van der Waals surface area contributed by atoms with Crippen molar-refractivity contribution >= 4 is 11.6 Å². The fourth-order valence-electron chi connectivity index (χ4n) is 2.81. The molecule has 0 aromatic heterocycles. The summed E-state index contributed by atoms with van der Waals surface area (Å²) in [6.45, 7) is 10.2. The van der Waals surface area contributed by atoms with E-state index in [1.54, 1.807) is 6.07 Å². The molecule has 0 bridgehead atoms. The Morgan fingerprint density at radius 1 is 1.40 bits per heavy atom. The molecule has 0 spiro atoms. The molecular weight excluding hydrogens is 250 g/mol. The molecular formula is C16H25N3O. The zero-order valence-corrected chi connectivity index (χ0v) is 12.7. The molecule has 1 aromatic carbocycles. The zero-order chi connectivity index (χ0) is 14.7. The van der Waals surface area contributed by atoms with Crippen LogP contribution in [0.4, 0.5) is 5.69 Å². The number of carbonyl (C=O) groups excluding carboxylic acids is 1. The fraction of sp³-hybridized carbons (Fsp3) is 0.562. The van der Waals surface area contributed by atoms with Gasteiger partial charge in [0.25, 0.3) is 5.91 Å². The second-order valence-electron chi connectivity index (χ2n) is 5.78. The highest BCUT2D eigenvalue weighted by atomic mass is 16.1. The van der Waals surface area contributed by atoms with Gasteiger partial charge in [0.15, 0.2) is 0 Å². The van der Waals surface area contributed by atoms with Gasteiger partial charge in [0.1, 0.15) is 0 Å². The Morgan fingerprint density at radius 3 is 2.80 bits per heavy atom. The van der Waals surface area contributed by atoms with E-state index in [2.05, 4.69) is 17.1 Å². The number of nitrogens with one attached hydrogen (secondary N) is 1. The van der Waals surface area contributed by atoms with Crippen LogP contribution in [0.1, 0.15) is 34.8 Å². The van der Waals surface area contributed by atoms with Crippen molar-refractivity contribution in [2.24, 2.45) is 5.92 Å². The van der Waals surface area contributed by atoms with E-state index in [4.69, 9.17) is 5.73 Å². The normalized spacial score (nSPS) is 19.2. The lowest BCUT2D eigenvalue weighted by Crippen LogP contribution is -2.31. The first-order valence-corrected chi connectivity index (χ1v) is 7.38. The highest BCUT2D eigenvalue weighted by molar-refractivity contribution is 5.96. The lowest BCUT2D eigenvalue weighted by atomic mass is 10.0. The van der Waals surface area contributed by atoms with Crippen molar-refractivity contribution in [2.75, 3.05) is 31.9 Å². The largest absolute Gasteiger partial charge is 0.398 e. The van der Waals surface area contributed by atoms with Crippen molar-refractivity contribution in [3.63, 3.8) is 0 Å².